The maximum Gasteiger partial charge on any atom is 0.273 e. The van der Waals surface area contributed by atoms with Crippen LogP contribution in [0.25, 0.3) is 0 Å². The number of nitrogens with zero attached hydrogens (tertiary/aromatic N) is 3. The molecule has 0 atom stereocenters. The fourth-order valence-electron chi connectivity index (χ4n) is 2.93. The normalized spacial score (nSPS) is 13.5. The Balaban J connectivity index is 0.00000182. The van der Waals surface area contributed by atoms with Crippen LogP contribution < -0.4 is 10.6 Å². The average Bonchev–Trinajstić information content (AvgIpc) is 3.11. The van der Waals surface area contributed by atoms with Crippen molar-refractivity contribution in [3.05, 3.63) is 45.9 Å². The van der Waals surface area contributed by atoms with E-state index >= 15 is 0 Å². The number of carbonyl (C=O) groups is 1. The highest BCUT2D eigenvalue weighted by Crippen LogP contribution is 2.23. The van der Waals surface area contributed by atoms with E-state index in [1.54, 1.807) is 4.90 Å². The van der Waals surface area contributed by atoms with E-state index in [-0.39, 0.29) is 30.7 Å². The minimum Gasteiger partial charge on any atom is -0.378 e. The third-order valence-corrected chi connectivity index (χ3v) is 5.14. The van der Waals surface area contributed by atoms with Gasteiger partial charge in [-0.2, -0.15) is 0 Å². The van der Waals surface area contributed by atoms with Gasteiger partial charge in [-0.15, -0.1) is 36.2 Å². The summed E-state index contributed by atoms with van der Waals surface area (Å²) < 4.78 is 5.44. The zero-order valence-electron chi connectivity index (χ0n) is 15.3. The second-order valence-electron chi connectivity index (χ2n) is 6.05. The molecule has 1 aliphatic rings. The zero-order valence-corrected chi connectivity index (χ0v) is 17.7. The molecule has 0 spiro atoms. The molecular weight excluding hydrogens is 407 g/mol. The number of carbonyl (C=O) groups excluding carboxylic acids is 1. The van der Waals surface area contributed by atoms with Crippen molar-refractivity contribution in [3.8, 4) is 0 Å². The Morgan fingerprint density at radius 2 is 2.00 bits per heavy atom. The van der Waals surface area contributed by atoms with Gasteiger partial charge in [0, 0.05) is 44.2 Å². The number of benzene rings is 1. The average molecular weight is 433 g/mol. The molecule has 1 amide bonds. The predicted octanol–water partition coefficient (Wildman–Crippen LogP) is 2.60. The molecule has 0 saturated carbocycles. The Morgan fingerprint density at radius 3 is 2.70 bits per heavy atom. The van der Waals surface area contributed by atoms with Crippen molar-refractivity contribution in [1.82, 2.24) is 9.88 Å². The molecular formula is C18H26Cl2N4O2S. The van der Waals surface area contributed by atoms with Crippen molar-refractivity contribution < 1.29 is 9.53 Å². The lowest BCUT2D eigenvalue weighted by Crippen LogP contribution is -2.37. The first-order valence-electron chi connectivity index (χ1n) is 8.49. The van der Waals surface area contributed by atoms with Crippen LogP contribution >= 0.6 is 36.2 Å². The van der Waals surface area contributed by atoms with Crippen LogP contribution in [0.4, 0.5) is 5.69 Å². The number of hydrogen-bond donors (Lipinski definition) is 1. The van der Waals surface area contributed by atoms with Crippen LogP contribution in [-0.4, -0.2) is 55.7 Å². The van der Waals surface area contributed by atoms with E-state index in [1.807, 2.05) is 24.6 Å². The first-order chi connectivity index (χ1) is 12.2. The number of amides is 1. The quantitative estimate of drug-likeness (QED) is 0.759. The fourth-order valence-corrected chi connectivity index (χ4v) is 3.72. The molecule has 3 rings (SSSR count). The molecule has 1 fully saturated rings. The van der Waals surface area contributed by atoms with Gasteiger partial charge in [0.05, 0.1) is 18.2 Å². The second kappa shape index (κ2) is 11.5. The van der Waals surface area contributed by atoms with E-state index in [1.165, 1.54) is 17.0 Å². The number of para-hydroxylation sites is 1. The molecule has 0 unspecified atom stereocenters. The Hall–Kier alpha value is -1.38. The van der Waals surface area contributed by atoms with Gasteiger partial charge < -0.3 is 20.3 Å². The SMILES string of the molecule is CN(Cc1ccccc1N1CCOCC1)C(=O)c1csc(CCN)n1.Cl.Cl. The minimum absolute atomic E-state index is 0. The van der Waals surface area contributed by atoms with E-state index < -0.39 is 0 Å². The zero-order chi connectivity index (χ0) is 17.6. The van der Waals surface area contributed by atoms with E-state index in [4.69, 9.17) is 10.5 Å². The maximum absolute atomic E-state index is 12.7. The highest BCUT2D eigenvalue weighted by Gasteiger charge is 2.19. The van der Waals surface area contributed by atoms with Crippen LogP contribution in [0.1, 0.15) is 21.1 Å². The van der Waals surface area contributed by atoms with Crippen LogP contribution in [0.3, 0.4) is 0 Å². The molecule has 1 aromatic heterocycles. The number of rotatable bonds is 6. The van der Waals surface area contributed by atoms with Gasteiger partial charge >= 0.3 is 0 Å². The van der Waals surface area contributed by atoms with Gasteiger partial charge in [0.15, 0.2) is 0 Å². The molecule has 1 aliphatic heterocycles. The number of nitrogens with two attached hydrogens (primary N) is 1. The fraction of sp³-hybridized carbons (Fsp3) is 0.444. The molecule has 1 aromatic carbocycles. The largest absolute Gasteiger partial charge is 0.378 e. The van der Waals surface area contributed by atoms with Crippen molar-refractivity contribution in [2.24, 2.45) is 5.73 Å². The molecule has 2 heterocycles. The Bertz CT molecular complexity index is 723. The van der Waals surface area contributed by atoms with Crippen molar-refractivity contribution >= 4 is 47.7 Å². The molecule has 27 heavy (non-hydrogen) atoms. The van der Waals surface area contributed by atoms with Gasteiger partial charge in [-0.1, -0.05) is 18.2 Å². The smallest absolute Gasteiger partial charge is 0.273 e. The topological polar surface area (TPSA) is 71.7 Å². The summed E-state index contributed by atoms with van der Waals surface area (Å²) >= 11 is 1.49. The van der Waals surface area contributed by atoms with E-state index in [9.17, 15) is 4.79 Å². The summed E-state index contributed by atoms with van der Waals surface area (Å²) in [5, 5.41) is 2.73. The highest BCUT2D eigenvalue weighted by molar-refractivity contribution is 7.09. The van der Waals surface area contributed by atoms with Gasteiger partial charge in [0.1, 0.15) is 5.69 Å². The number of halogens is 2. The Kier molecular flexibility index (Phi) is 10.0. The summed E-state index contributed by atoms with van der Waals surface area (Å²) in [6, 6.07) is 8.24. The predicted molar refractivity (Wildman–Crippen MR) is 115 cm³/mol. The molecule has 6 nitrogen and oxygen atoms in total. The molecule has 150 valence electrons. The van der Waals surface area contributed by atoms with Gasteiger partial charge in [0.2, 0.25) is 0 Å². The van der Waals surface area contributed by atoms with Crippen molar-refractivity contribution in [2.45, 2.75) is 13.0 Å². The van der Waals surface area contributed by atoms with Gasteiger partial charge in [0.25, 0.3) is 5.91 Å². The molecule has 0 radical (unpaired) electrons. The standard InChI is InChI=1S/C18H24N4O2S.2ClH/c1-21(18(23)15-13-25-17(20-15)6-7-19)12-14-4-2-3-5-16(14)22-8-10-24-11-9-22;;/h2-5,13H,6-12,19H2,1H3;2*1H. The third-order valence-electron chi connectivity index (χ3n) is 4.23. The third kappa shape index (κ3) is 6.05. The van der Waals surface area contributed by atoms with Crippen LogP contribution in [-0.2, 0) is 17.7 Å². The highest BCUT2D eigenvalue weighted by atomic mass is 35.5. The van der Waals surface area contributed by atoms with Gasteiger partial charge in [-0.05, 0) is 18.2 Å². The summed E-state index contributed by atoms with van der Waals surface area (Å²) in [7, 11) is 1.82. The molecule has 2 aromatic rings. The monoisotopic (exact) mass is 432 g/mol. The lowest BCUT2D eigenvalue weighted by atomic mass is 10.1. The number of morpholine rings is 1. The van der Waals surface area contributed by atoms with Gasteiger partial charge in [-0.3, -0.25) is 4.79 Å². The van der Waals surface area contributed by atoms with Crippen molar-refractivity contribution in [2.75, 3.05) is 44.8 Å². The summed E-state index contributed by atoms with van der Waals surface area (Å²) in [4.78, 5) is 21.1. The molecule has 0 bridgehead atoms. The summed E-state index contributed by atoms with van der Waals surface area (Å²) in [5.41, 5.74) is 8.36. The second-order valence-corrected chi connectivity index (χ2v) is 7.00. The number of anilines is 1. The number of hydrogen-bond acceptors (Lipinski definition) is 6. The van der Waals surface area contributed by atoms with Crippen LogP contribution in [0.2, 0.25) is 0 Å². The van der Waals surface area contributed by atoms with Crippen LogP contribution in [0.5, 0.6) is 0 Å². The minimum atomic E-state index is -0.0590. The van der Waals surface area contributed by atoms with E-state index in [2.05, 4.69) is 22.0 Å². The van der Waals surface area contributed by atoms with E-state index in [0.29, 0.717) is 25.2 Å². The molecule has 9 heteroatoms. The first kappa shape index (κ1) is 23.7. The van der Waals surface area contributed by atoms with E-state index in [0.717, 1.165) is 36.9 Å². The number of thiazole rings is 1. The lowest BCUT2D eigenvalue weighted by Gasteiger charge is -2.31. The molecule has 0 aliphatic carbocycles. The summed E-state index contributed by atoms with van der Waals surface area (Å²) in [6.07, 6.45) is 0.710. The summed E-state index contributed by atoms with van der Waals surface area (Å²) in [6.45, 7) is 4.34. The maximum atomic E-state index is 12.7. The summed E-state index contributed by atoms with van der Waals surface area (Å²) in [5.74, 6) is -0.0590. The number of ether oxygens (including phenoxy) is 1. The van der Waals surface area contributed by atoms with Crippen LogP contribution in [0, 0.1) is 0 Å². The first-order valence-corrected chi connectivity index (χ1v) is 9.37. The molecule has 2 N–H and O–H groups in total. The number of aromatic nitrogens is 1. The molecule has 1 saturated heterocycles. The van der Waals surface area contributed by atoms with Crippen molar-refractivity contribution in [1.29, 1.82) is 0 Å². The van der Waals surface area contributed by atoms with Crippen LogP contribution in [0.15, 0.2) is 29.6 Å². The lowest BCUT2D eigenvalue weighted by molar-refractivity contribution is 0.0779. The van der Waals surface area contributed by atoms with Gasteiger partial charge in [-0.25, -0.2) is 4.98 Å². The Morgan fingerprint density at radius 1 is 1.30 bits per heavy atom. The Labute approximate surface area is 176 Å². The van der Waals surface area contributed by atoms with Crippen molar-refractivity contribution in [3.63, 3.8) is 0 Å².